The molecule has 3 aromatic rings. The summed E-state index contributed by atoms with van der Waals surface area (Å²) in [4.78, 5) is 29.5. The van der Waals surface area contributed by atoms with Crippen molar-refractivity contribution in [3.05, 3.63) is 129 Å². The maximum absolute atomic E-state index is 13.7. The van der Waals surface area contributed by atoms with Gasteiger partial charge >= 0.3 is 5.97 Å². The van der Waals surface area contributed by atoms with E-state index in [1.165, 1.54) is 0 Å². The molecule has 2 unspecified atom stereocenters. The monoisotopic (exact) mass is 542 g/mol. The van der Waals surface area contributed by atoms with Gasteiger partial charge in [0.1, 0.15) is 12.7 Å². The van der Waals surface area contributed by atoms with Gasteiger partial charge < -0.3 is 14.8 Å². The number of methoxy groups -OCH3 is 1. The Morgan fingerprint density at radius 1 is 1.03 bits per heavy atom. The minimum Gasteiger partial charge on any atom is -0.459 e. The molecule has 39 heavy (non-hydrogen) atoms. The van der Waals surface area contributed by atoms with Crippen LogP contribution in [0.2, 0.25) is 5.02 Å². The molecule has 3 aromatic carbocycles. The van der Waals surface area contributed by atoms with E-state index < -0.39 is 18.0 Å². The second-order valence-corrected chi connectivity index (χ2v) is 10.3. The highest BCUT2D eigenvalue weighted by Crippen LogP contribution is 2.41. The third kappa shape index (κ3) is 5.98. The first kappa shape index (κ1) is 26.9. The minimum absolute atomic E-state index is 0.0264. The van der Waals surface area contributed by atoms with Crippen molar-refractivity contribution in [1.29, 1.82) is 0 Å². The van der Waals surface area contributed by atoms with E-state index in [1.54, 1.807) is 13.2 Å². The Morgan fingerprint density at radius 2 is 1.74 bits per heavy atom. The zero-order valence-electron chi connectivity index (χ0n) is 22.0. The smallest absolute Gasteiger partial charge is 0.336 e. The van der Waals surface area contributed by atoms with E-state index in [4.69, 9.17) is 21.1 Å². The van der Waals surface area contributed by atoms with Gasteiger partial charge in [-0.25, -0.2) is 4.79 Å². The lowest BCUT2D eigenvalue weighted by Crippen LogP contribution is -2.45. The van der Waals surface area contributed by atoms with Gasteiger partial charge in [-0.15, -0.1) is 0 Å². The molecule has 200 valence electrons. The van der Waals surface area contributed by atoms with Crippen LogP contribution < -0.4 is 5.32 Å². The molecule has 1 N–H and O–H groups in total. The van der Waals surface area contributed by atoms with Crippen LogP contribution in [0.3, 0.4) is 0 Å². The summed E-state index contributed by atoms with van der Waals surface area (Å²) in [6, 6.07) is 27.0. The van der Waals surface area contributed by atoms with Gasteiger partial charge in [0.25, 0.3) is 0 Å². The number of rotatable bonds is 8. The molecular formula is C32H31ClN2O4. The summed E-state index contributed by atoms with van der Waals surface area (Å²) < 4.78 is 11.4. The third-order valence-corrected chi connectivity index (χ3v) is 7.40. The molecule has 0 amide bonds. The molecule has 0 bridgehead atoms. The number of hydrogen-bond acceptors (Lipinski definition) is 6. The average molecular weight is 543 g/mol. The number of ketones is 1. The summed E-state index contributed by atoms with van der Waals surface area (Å²) in [7, 11) is 1.59. The van der Waals surface area contributed by atoms with E-state index in [0.29, 0.717) is 35.0 Å². The van der Waals surface area contributed by atoms with Crippen molar-refractivity contribution >= 4 is 23.4 Å². The molecular weight excluding hydrogens is 512 g/mol. The highest BCUT2D eigenvalue weighted by atomic mass is 35.5. The van der Waals surface area contributed by atoms with Crippen LogP contribution >= 0.6 is 11.6 Å². The van der Waals surface area contributed by atoms with Crippen molar-refractivity contribution in [2.75, 3.05) is 26.8 Å². The number of carbonyl (C=O) groups excluding carboxylic acids is 2. The molecule has 2 aliphatic rings. The van der Waals surface area contributed by atoms with Gasteiger partial charge in [-0.1, -0.05) is 84.4 Å². The van der Waals surface area contributed by atoms with Crippen LogP contribution in [0.15, 0.2) is 107 Å². The fourth-order valence-corrected chi connectivity index (χ4v) is 5.56. The molecule has 0 radical (unpaired) electrons. The quantitative estimate of drug-likeness (QED) is 0.375. The van der Waals surface area contributed by atoms with Crippen molar-refractivity contribution < 1.29 is 19.1 Å². The lowest BCUT2D eigenvalue weighted by atomic mass is 9.77. The molecule has 0 aromatic heterocycles. The van der Waals surface area contributed by atoms with E-state index in [-0.39, 0.29) is 18.9 Å². The molecule has 5 rings (SSSR count). The number of hydrogen-bond donors (Lipinski definition) is 1. The summed E-state index contributed by atoms with van der Waals surface area (Å²) >= 11 is 6.37. The Morgan fingerprint density at radius 3 is 2.44 bits per heavy atom. The Balaban J connectivity index is 1.44. The van der Waals surface area contributed by atoms with Crippen LogP contribution in [0.25, 0.3) is 0 Å². The van der Waals surface area contributed by atoms with E-state index >= 15 is 0 Å². The standard InChI is InChI=1S/C32H31ClN2O4/c1-21-29(32(37)39-20-28(38-2)23-12-7-4-8-13-23)30(24-14-9-15-25(33)16-24)31-26(34-21)18-35(19-27(31)36)17-22-10-5-3-6-11-22/h3-16,28,30,34H,17-20H2,1-2H3. The van der Waals surface area contributed by atoms with Crippen molar-refractivity contribution in [3.63, 3.8) is 0 Å². The molecule has 7 heteroatoms. The van der Waals surface area contributed by atoms with Crippen LogP contribution in [0.1, 0.15) is 35.6 Å². The largest absolute Gasteiger partial charge is 0.459 e. The molecule has 2 heterocycles. The molecule has 0 saturated heterocycles. The molecule has 2 atom stereocenters. The highest BCUT2D eigenvalue weighted by Gasteiger charge is 2.41. The lowest BCUT2D eigenvalue weighted by molar-refractivity contribution is -0.143. The number of dihydropyridines is 1. The number of carbonyl (C=O) groups is 2. The molecule has 0 fully saturated rings. The van der Waals surface area contributed by atoms with Crippen molar-refractivity contribution in [1.82, 2.24) is 10.2 Å². The summed E-state index contributed by atoms with van der Waals surface area (Å²) in [5.74, 6) is -1.10. The fourth-order valence-electron chi connectivity index (χ4n) is 5.36. The van der Waals surface area contributed by atoms with E-state index in [9.17, 15) is 9.59 Å². The van der Waals surface area contributed by atoms with E-state index in [0.717, 1.165) is 22.4 Å². The molecule has 0 saturated carbocycles. The number of benzene rings is 3. The van der Waals surface area contributed by atoms with Gasteiger partial charge in [0.05, 0.1) is 12.1 Å². The zero-order valence-corrected chi connectivity index (χ0v) is 22.8. The van der Waals surface area contributed by atoms with Gasteiger partial charge in [0.15, 0.2) is 5.78 Å². The maximum Gasteiger partial charge on any atom is 0.336 e. The normalized spacial score (nSPS) is 18.4. The van der Waals surface area contributed by atoms with Gasteiger partial charge in [-0.2, -0.15) is 0 Å². The topological polar surface area (TPSA) is 67.9 Å². The van der Waals surface area contributed by atoms with Crippen molar-refractivity contribution in [3.8, 4) is 0 Å². The first-order valence-electron chi connectivity index (χ1n) is 12.9. The second kappa shape index (κ2) is 12.0. The molecule has 0 aliphatic carbocycles. The predicted molar refractivity (Wildman–Crippen MR) is 151 cm³/mol. The van der Waals surface area contributed by atoms with Gasteiger partial charge in [-0.05, 0) is 35.7 Å². The van der Waals surface area contributed by atoms with Crippen LogP contribution in [0, 0.1) is 0 Å². The summed E-state index contributed by atoms with van der Waals surface area (Å²) in [5.41, 5.74) is 5.29. The minimum atomic E-state index is -0.587. The number of allylic oxidation sites excluding steroid dienone is 1. The zero-order chi connectivity index (χ0) is 27.4. The summed E-state index contributed by atoms with van der Waals surface area (Å²) in [6.45, 7) is 3.37. The molecule has 2 aliphatic heterocycles. The van der Waals surface area contributed by atoms with E-state index in [1.807, 2.05) is 73.7 Å². The van der Waals surface area contributed by atoms with E-state index in [2.05, 4.69) is 22.3 Å². The van der Waals surface area contributed by atoms with Crippen LogP contribution in [-0.2, 0) is 25.6 Å². The summed E-state index contributed by atoms with van der Waals surface area (Å²) in [5, 5.41) is 3.91. The number of nitrogens with one attached hydrogen (secondary N) is 1. The number of nitrogens with zero attached hydrogens (tertiary/aromatic N) is 1. The Kier molecular flexibility index (Phi) is 8.27. The second-order valence-electron chi connectivity index (χ2n) is 9.83. The Hall–Kier alpha value is -3.71. The fraction of sp³-hybridized carbons (Fsp3) is 0.250. The molecule has 0 spiro atoms. The first-order valence-corrected chi connectivity index (χ1v) is 13.3. The van der Waals surface area contributed by atoms with Crippen LogP contribution in [-0.4, -0.2) is 43.5 Å². The van der Waals surface area contributed by atoms with Gasteiger partial charge in [0.2, 0.25) is 0 Å². The lowest BCUT2D eigenvalue weighted by Gasteiger charge is -2.38. The number of Topliss-reactive ketones (excluding diaryl/α,β-unsaturated/α-hetero) is 1. The van der Waals surface area contributed by atoms with Crippen LogP contribution in [0.5, 0.6) is 0 Å². The van der Waals surface area contributed by atoms with Crippen molar-refractivity contribution in [2.24, 2.45) is 0 Å². The van der Waals surface area contributed by atoms with Crippen LogP contribution in [0.4, 0.5) is 0 Å². The molecule has 6 nitrogen and oxygen atoms in total. The number of halogens is 1. The Labute approximate surface area is 233 Å². The van der Waals surface area contributed by atoms with Gasteiger partial charge in [0, 0.05) is 48.1 Å². The highest BCUT2D eigenvalue weighted by molar-refractivity contribution is 6.30. The first-order chi connectivity index (χ1) is 18.9. The van der Waals surface area contributed by atoms with Gasteiger partial charge in [-0.3, -0.25) is 9.69 Å². The predicted octanol–water partition coefficient (Wildman–Crippen LogP) is 5.57. The Bertz CT molecular complexity index is 1420. The number of ether oxygens (including phenoxy) is 2. The number of esters is 1. The maximum atomic E-state index is 13.7. The SMILES string of the molecule is COC(COC(=O)C1=C(C)NC2=C(C(=O)CN(Cc3ccccc3)C2)C1c1cccc(Cl)c1)c1ccccc1. The van der Waals surface area contributed by atoms with Crippen molar-refractivity contribution in [2.45, 2.75) is 25.5 Å². The average Bonchev–Trinajstić information content (AvgIpc) is 2.93. The summed E-state index contributed by atoms with van der Waals surface area (Å²) in [6.07, 6.45) is -0.408. The third-order valence-electron chi connectivity index (χ3n) is 7.17.